The van der Waals surface area contributed by atoms with E-state index in [-0.39, 0.29) is 22.2 Å². The zero-order valence-electron chi connectivity index (χ0n) is 14.8. The third-order valence-electron chi connectivity index (χ3n) is 5.57. The maximum Gasteiger partial charge on any atom is 0.410 e. The fourth-order valence-electron chi connectivity index (χ4n) is 4.47. The molecule has 0 radical (unpaired) electrons. The number of carbonyl (C=O) groups excluding carboxylic acids is 1. The molecule has 6 heteroatoms. The van der Waals surface area contributed by atoms with Gasteiger partial charge in [0, 0.05) is 18.9 Å². The average Bonchev–Trinajstić information content (AvgIpc) is 3.24. The largest absolute Gasteiger partial charge is 0.443 e. The van der Waals surface area contributed by atoms with Crippen molar-refractivity contribution in [2.45, 2.75) is 93.1 Å². The maximum absolute atomic E-state index is 12.4. The Morgan fingerprint density at radius 2 is 2.00 bits per heavy atom. The lowest BCUT2D eigenvalue weighted by molar-refractivity contribution is -0.168. The van der Waals surface area contributed by atoms with Crippen LogP contribution in [0, 0.1) is 0 Å². The summed E-state index contributed by atoms with van der Waals surface area (Å²) < 4.78 is 17.9. The van der Waals surface area contributed by atoms with E-state index in [1.807, 2.05) is 4.90 Å². The Labute approximate surface area is 158 Å². The smallest absolute Gasteiger partial charge is 0.410 e. The zero-order valence-corrected chi connectivity index (χ0v) is 17.0. The van der Waals surface area contributed by atoms with Gasteiger partial charge in [0.1, 0.15) is 6.10 Å². The van der Waals surface area contributed by atoms with Gasteiger partial charge in [-0.3, -0.25) is 4.90 Å². The molecule has 3 fully saturated rings. The van der Waals surface area contributed by atoms with Gasteiger partial charge < -0.3 is 14.2 Å². The maximum atomic E-state index is 12.4. The minimum absolute atomic E-state index is 0.0359. The monoisotopic (exact) mass is 451 g/mol. The Balaban J connectivity index is 1.64. The van der Waals surface area contributed by atoms with E-state index in [1.165, 1.54) is 12.8 Å². The van der Waals surface area contributed by atoms with Gasteiger partial charge in [-0.25, -0.2) is 4.79 Å². The van der Waals surface area contributed by atoms with Gasteiger partial charge in [0.15, 0.2) is 5.79 Å². The van der Waals surface area contributed by atoms with Crippen molar-refractivity contribution >= 4 is 28.7 Å². The van der Waals surface area contributed by atoms with E-state index in [9.17, 15) is 4.79 Å². The molecule has 4 atom stereocenters. The molecule has 0 unspecified atom stereocenters. The molecule has 3 aliphatic heterocycles. The Bertz CT molecular complexity index is 441. The molecular weight excluding hydrogens is 421 g/mol. The van der Waals surface area contributed by atoms with E-state index in [2.05, 4.69) is 36.4 Å². The lowest BCUT2D eigenvalue weighted by Gasteiger charge is -2.32. The number of halogens is 1. The number of fused-ring (bicyclic) bond motifs is 1. The number of alkyl halides is 1. The summed E-state index contributed by atoms with van der Waals surface area (Å²) in [7, 11) is 0. The van der Waals surface area contributed by atoms with Crippen molar-refractivity contribution in [3.63, 3.8) is 0 Å². The summed E-state index contributed by atoms with van der Waals surface area (Å²) in [5.74, 6) is -0.472. The highest BCUT2D eigenvalue weighted by Crippen LogP contribution is 2.42. The summed E-state index contributed by atoms with van der Waals surface area (Å²) in [6, 6.07) is 0.612. The van der Waals surface area contributed by atoms with E-state index in [1.54, 1.807) is 0 Å². The first kappa shape index (κ1) is 18.7. The summed E-state index contributed by atoms with van der Waals surface area (Å²) in [6.07, 6.45) is 8.23. The normalized spacial score (nSPS) is 32.9. The standard InChI is InChI=1S/C18H30INO4/c1-3-5-6-13-7-8-15-16(24-17(21)20(13)15)14(19)12-18(9-4-2)22-10-11-23-18/h13-16H,3-12H2,1-2H3/t13-,14+,15-,16-/m0/s1. The fraction of sp³-hybridized carbons (Fsp3) is 0.944. The highest BCUT2D eigenvalue weighted by molar-refractivity contribution is 14.1. The van der Waals surface area contributed by atoms with Crippen molar-refractivity contribution < 1.29 is 19.0 Å². The predicted octanol–water partition coefficient (Wildman–Crippen LogP) is 4.27. The number of cyclic esters (lactones) is 1. The van der Waals surface area contributed by atoms with Gasteiger partial charge in [-0.05, 0) is 19.3 Å². The summed E-state index contributed by atoms with van der Waals surface area (Å²) in [6.45, 7) is 5.69. The lowest BCUT2D eigenvalue weighted by atomic mass is 9.98. The molecule has 0 aromatic rings. The predicted molar refractivity (Wildman–Crippen MR) is 100 cm³/mol. The first-order valence-corrected chi connectivity index (χ1v) is 10.8. The SMILES string of the molecule is CCCC[C@H]1CC[C@H]2[C@H]([C@H](I)CC3(CCC)OCCO3)OC(=O)N12. The van der Waals surface area contributed by atoms with E-state index in [0.717, 1.165) is 38.5 Å². The van der Waals surface area contributed by atoms with Crippen LogP contribution in [0.3, 0.4) is 0 Å². The highest BCUT2D eigenvalue weighted by Gasteiger charge is 2.52. The van der Waals surface area contributed by atoms with Crippen LogP contribution < -0.4 is 0 Å². The summed E-state index contributed by atoms with van der Waals surface area (Å²) >= 11 is 2.44. The number of ether oxygens (including phenoxy) is 3. The van der Waals surface area contributed by atoms with Crippen LogP contribution in [0.4, 0.5) is 4.79 Å². The van der Waals surface area contributed by atoms with Crippen molar-refractivity contribution in [2.24, 2.45) is 0 Å². The molecule has 3 heterocycles. The Morgan fingerprint density at radius 3 is 2.67 bits per heavy atom. The molecule has 0 aliphatic carbocycles. The molecule has 0 aromatic heterocycles. The van der Waals surface area contributed by atoms with Crippen LogP contribution in [0.15, 0.2) is 0 Å². The summed E-state index contributed by atoms with van der Waals surface area (Å²) in [5.41, 5.74) is 0. The second-order valence-electron chi connectivity index (χ2n) is 7.27. The van der Waals surface area contributed by atoms with Gasteiger partial charge >= 0.3 is 6.09 Å². The zero-order chi connectivity index (χ0) is 17.2. The molecule has 3 saturated heterocycles. The average molecular weight is 451 g/mol. The summed E-state index contributed by atoms with van der Waals surface area (Å²) in [4.78, 5) is 14.5. The minimum Gasteiger partial charge on any atom is -0.443 e. The number of nitrogens with zero attached hydrogens (tertiary/aromatic N) is 1. The molecule has 0 bridgehead atoms. The van der Waals surface area contributed by atoms with Gasteiger partial charge in [-0.15, -0.1) is 0 Å². The van der Waals surface area contributed by atoms with Crippen LogP contribution in [0.2, 0.25) is 0 Å². The Morgan fingerprint density at radius 1 is 1.25 bits per heavy atom. The van der Waals surface area contributed by atoms with E-state index < -0.39 is 5.79 Å². The number of hydrogen-bond acceptors (Lipinski definition) is 4. The van der Waals surface area contributed by atoms with Gasteiger partial charge in [0.05, 0.1) is 23.2 Å². The van der Waals surface area contributed by atoms with Gasteiger partial charge in [0.2, 0.25) is 0 Å². The van der Waals surface area contributed by atoms with Crippen molar-refractivity contribution in [1.82, 2.24) is 4.90 Å². The quantitative estimate of drug-likeness (QED) is 0.409. The van der Waals surface area contributed by atoms with Crippen molar-refractivity contribution in [2.75, 3.05) is 13.2 Å². The minimum atomic E-state index is -0.472. The highest BCUT2D eigenvalue weighted by atomic mass is 127. The first-order valence-electron chi connectivity index (χ1n) is 9.51. The fourth-order valence-corrected chi connectivity index (χ4v) is 5.77. The molecule has 0 N–H and O–H groups in total. The van der Waals surface area contributed by atoms with Gasteiger partial charge in [-0.2, -0.15) is 0 Å². The molecule has 3 aliphatic rings. The van der Waals surface area contributed by atoms with Crippen molar-refractivity contribution in [3.8, 4) is 0 Å². The molecule has 5 nitrogen and oxygen atoms in total. The first-order chi connectivity index (χ1) is 11.6. The number of hydrogen-bond donors (Lipinski definition) is 0. The molecular formula is C18H30INO4. The topological polar surface area (TPSA) is 48.0 Å². The van der Waals surface area contributed by atoms with Crippen molar-refractivity contribution in [1.29, 1.82) is 0 Å². The molecule has 138 valence electrons. The second-order valence-corrected chi connectivity index (χ2v) is 8.87. The lowest BCUT2D eigenvalue weighted by Crippen LogP contribution is -2.42. The van der Waals surface area contributed by atoms with Crippen LogP contribution >= 0.6 is 22.6 Å². The van der Waals surface area contributed by atoms with Gasteiger partial charge in [0.25, 0.3) is 0 Å². The third kappa shape index (κ3) is 3.70. The van der Waals surface area contributed by atoms with E-state index in [0.29, 0.717) is 19.3 Å². The Kier molecular flexibility index (Phi) is 6.30. The van der Waals surface area contributed by atoms with Crippen LogP contribution in [0.25, 0.3) is 0 Å². The molecule has 24 heavy (non-hydrogen) atoms. The Hall–Kier alpha value is -0.0800. The van der Waals surface area contributed by atoms with Crippen LogP contribution in [-0.4, -0.2) is 52.1 Å². The number of carbonyl (C=O) groups is 1. The van der Waals surface area contributed by atoms with Gasteiger partial charge in [-0.1, -0.05) is 55.7 Å². The van der Waals surface area contributed by atoms with Crippen LogP contribution in [0.5, 0.6) is 0 Å². The van der Waals surface area contributed by atoms with E-state index >= 15 is 0 Å². The molecule has 0 aromatic carbocycles. The van der Waals surface area contributed by atoms with Crippen molar-refractivity contribution in [3.05, 3.63) is 0 Å². The van der Waals surface area contributed by atoms with Crippen LogP contribution in [0.1, 0.15) is 65.2 Å². The molecule has 0 spiro atoms. The number of unbranched alkanes of at least 4 members (excludes halogenated alkanes) is 1. The number of amides is 1. The third-order valence-corrected chi connectivity index (χ3v) is 6.72. The second kappa shape index (κ2) is 8.08. The number of rotatable bonds is 8. The molecule has 1 amide bonds. The summed E-state index contributed by atoms with van der Waals surface area (Å²) in [5, 5.41) is 0. The molecule has 0 saturated carbocycles. The van der Waals surface area contributed by atoms with E-state index in [4.69, 9.17) is 14.2 Å². The van der Waals surface area contributed by atoms with Crippen LogP contribution in [-0.2, 0) is 14.2 Å². The molecule has 3 rings (SSSR count).